The first-order valence-electron chi connectivity index (χ1n) is 9.42. The molecule has 1 heterocycles. The predicted octanol–water partition coefficient (Wildman–Crippen LogP) is 5.81. The third kappa shape index (κ3) is 3.58. The molecule has 0 radical (unpaired) electrons. The van der Waals surface area contributed by atoms with Gasteiger partial charge in [0.2, 0.25) is 5.91 Å². The van der Waals surface area contributed by atoms with Gasteiger partial charge in [0.05, 0.1) is 15.8 Å². The van der Waals surface area contributed by atoms with Crippen LogP contribution in [0.1, 0.15) is 35.6 Å². The van der Waals surface area contributed by atoms with E-state index >= 15 is 0 Å². The monoisotopic (exact) mass is 404 g/mol. The van der Waals surface area contributed by atoms with Gasteiger partial charge in [-0.15, -0.1) is 11.3 Å². The van der Waals surface area contributed by atoms with Crippen molar-refractivity contribution in [3.8, 4) is 6.07 Å². The van der Waals surface area contributed by atoms with Crippen LogP contribution in [0.3, 0.4) is 0 Å². The van der Waals surface area contributed by atoms with Gasteiger partial charge in [0.15, 0.2) is 0 Å². The molecule has 1 amide bonds. The molecule has 5 heteroatoms. The molecule has 140 valence electrons. The Hall–Kier alpha value is -2.55. The molecule has 2 aromatic carbocycles. The smallest absolute Gasteiger partial charge is 0.229 e. The average Bonchev–Trinajstić information content (AvgIpc) is 2.69. The van der Waals surface area contributed by atoms with E-state index in [1.54, 1.807) is 0 Å². The number of carbonyl (C=O) groups excluding carboxylic acids is 1. The normalized spacial score (nSPS) is 15.6. The first kappa shape index (κ1) is 18.8. The van der Waals surface area contributed by atoms with E-state index in [1.165, 1.54) is 11.3 Å². The number of nitrogens with zero attached hydrogens (tertiary/aromatic N) is 1. The van der Waals surface area contributed by atoms with E-state index in [9.17, 15) is 10.1 Å². The molecular formula is C23H20N2OS2. The molecule has 3 nitrogen and oxygen atoms in total. The van der Waals surface area contributed by atoms with E-state index in [0.29, 0.717) is 16.5 Å². The van der Waals surface area contributed by atoms with Crippen LogP contribution in [-0.4, -0.2) is 5.91 Å². The maximum atomic E-state index is 12.8. The van der Waals surface area contributed by atoms with Crippen LogP contribution in [0.2, 0.25) is 0 Å². The lowest BCUT2D eigenvalue weighted by molar-refractivity contribution is -0.115. The van der Waals surface area contributed by atoms with Gasteiger partial charge in [-0.3, -0.25) is 4.79 Å². The molecule has 1 aromatic heterocycles. The van der Waals surface area contributed by atoms with Crippen LogP contribution < -0.4 is 5.32 Å². The minimum Gasteiger partial charge on any atom is -0.316 e. The third-order valence-corrected chi connectivity index (χ3v) is 6.81. The first-order chi connectivity index (χ1) is 13.6. The second kappa shape index (κ2) is 7.83. The van der Waals surface area contributed by atoms with Gasteiger partial charge >= 0.3 is 0 Å². The van der Waals surface area contributed by atoms with Gasteiger partial charge in [0.25, 0.3) is 0 Å². The zero-order valence-electron chi connectivity index (χ0n) is 15.6. The predicted molar refractivity (Wildman–Crippen MR) is 117 cm³/mol. The van der Waals surface area contributed by atoms with Crippen molar-refractivity contribution in [2.45, 2.75) is 32.6 Å². The summed E-state index contributed by atoms with van der Waals surface area (Å²) in [6, 6.07) is 16.3. The van der Waals surface area contributed by atoms with Crippen LogP contribution in [0, 0.1) is 21.1 Å². The van der Waals surface area contributed by atoms with Gasteiger partial charge in [-0.25, -0.2) is 0 Å². The first-order valence-corrected chi connectivity index (χ1v) is 10.6. The summed E-state index contributed by atoms with van der Waals surface area (Å²) in [5.74, 6) is 0.461. The van der Waals surface area contributed by atoms with Crippen molar-refractivity contribution >= 4 is 45.2 Å². The fourth-order valence-electron chi connectivity index (χ4n) is 3.94. The minimum atomic E-state index is -0.123. The van der Waals surface area contributed by atoms with Gasteiger partial charge in [0, 0.05) is 0 Å². The molecule has 0 spiro atoms. The fraction of sp³-hybridized carbons (Fsp3) is 0.261. The number of anilines is 1. The molecule has 1 aliphatic carbocycles. The van der Waals surface area contributed by atoms with Crippen LogP contribution in [0.15, 0.2) is 42.5 Å². The molecule has 3 aromatic rings. The van der Waals surface area contributed by atoms with Crippen molar-refractivity contribution < 1.29 is 4.79 Å². The standard InChI is InChI=1S/C23H20N2OS2/c1-14-9-10-18-19(11-14)23(27)28-22(20(18)13-24)25-21(26)12-16-7-4-6-15-5-2-3-8-17(15)16/h2-8,14H,9-12H2,1H3,(H,25,26). The second-order valence-electron chi connectivity index (χ2n) is 7.37. The van der Waals surface area contributed by atoms with Gasteiger partial charge in [-0.2, -0.15) is 5.26 Å². The number of rotatable bonds is 3. The Labute approximate surface area is 173 Å². The number of nitriles is 1. The maximum absolute atomic E-state index is 12.8. The molecule has 0 bridgehead atoms. The Kier molecular flexibility index (Phi) is 5.25. The number of fused-ring (bicyclic) bond motifs is 2. The largest absolute Gasteiger partial charge is 0.316 e. The number of nitrogens with one attached hydrogen (secondary N) is 1. The summed E-state index contributed by atoms with van der Waals surface area (Å²) in [5.41, 5.74) is 3.73. The molecule has 28 heavy (non-hydrogen) atoms. The maximum Gasteiger partial charge on any atom is 0.229 e. The summed E-state index contributed by atoms with van der Waals surface area (Å²) in [6.45, 7) is 2.22. The Morgan fingerprint density at radius 2 is 2.04 bits per heavy atom. The van der Waals surface area contributed by atoms with Crippen LogP contribution in [0.5, 0.6) is 0 Å². The highest BCUT2D eigenvalue weighted by molar-refractivity contribution is 7.73. The third-order valence-electron chi connectivity index (χ3n) is 5.37. The van der Waals surface area contributed by atoms with Crippen LogP contribution in [0.25, 0.3) is 10.8 Å². The van der Waals surface area contributed by atoms with E-state index in [0.717, 1.165) is 50.5 Å². The van der Waals surface area contributed by atoms with Crippen molar-refractivity contribution in [2.75, 3.05) is 5.32 Å². The lowest BCUT2D eigenvalue weighted by Crippen LogP contribution is -2.18. The quantitative estimate of drug-likeness (QED) is 0.561. The Balaban J connectivity index is 1.64. The Morgan fingerprint density at radius 1 is 1.25 bits per heavy atom. The van der Waals surface area contributed by atoms with Gasteiger partial charge in [-0.1, -0.05) is 61.6 Å². The van der Waals surface area contributed by atoms with Crippen LogP contribution >= 0.6 is 23.6 Å². The molecule has 0 fully saturated rings. The zero-order chi connectivity index (χ0) is 19.7. The summed E-state index contributed by atoms with van der Waals surface area (Å²) >= 11 is 6.94. The van der Waals surface area contributed by atoms with E-state index in [1.807, 2.05) is 42.5 Å². The number of amides is 1. The molecule has 1 aliphatic rings. The van der Waals surface area contributed by atoms with Gasteiger partial charge < -0.3 is 5.32 Å². The fourth-order valence-corrected chi connectivity index (χ4v) is 5.34. The number of hydrogen-bond donors (Lipinski definition) is 1. The molecule has 4 rings (SSSR count). The van der Waals surface area contributed by atoms with Crippen LogP contribution in [-0.2, 0) is 24.1 Å². The summed E-state index contributed by atoms with van der Waals surface area (Å²) < 4.78 is 0.793. The molecule has 0 saturated carbocycles. The lowest BCUT2D eigenvalue weighted by Gasteiger charge is -2.23. The summed E-state index contributed by atoms with van der Waals surface area (Å²) in [6.07, 6.45) is 3.08. The van der Waals surface area contributed by atoms with Crippen molar-refractivity contribution in [2.24, 2.45) is 5.92 Å². The molecular weight excluding hydrogens is 384 g/mol. The highest BCUT2D eigenvalue weighted by Gasteiger charge is 2.23. The molecule has 1 N–H and O–H groups in total. The number of carbonyl (C=O) groups is 1. The average molecular weight is 405 g/mol. The van der Waals surface area contributed by atoms with Crippen molar-refractivity contribution in [3.05, 3.63) is 68.5 Å². The number of hydrogen-bond acceptors (Lipinski definition) is 4. The topological polar surface area (TPSA) is 52.9 Å². The summed E-state index contributed by atoms with van der Waals surface area (Å²) in [4.78, 5) is 12.8. The Morgan fingerprint density at radius 3 is 2.86 bits per heavy atom. The highest BCUT2D eigenvalue weighted by Crippen LogP contribution is 2.36. The van der Waals surface area contributed by atoms with Crippen molar-refractivity contribution in [3.63, 3.8) is 0 Å². The van der Waals surface area contributed by atoms with Crippen molar-refractivity contribution in [1.82, 2.24) is 0 Å². The lowest BCUT2D eigenvalue weighted by atomic mass is 9.85. The highest BCUT2D eigenvalue weighted by atomic mass is 32.1. The number of benzene rings is 2. The summed E-state index contributed by atoms with van der Waals surface area (Å²) in [7, 11) is 0. The second-order valence-corrected chi connectivity index (χ2v) is 9.06. The molecule has 0 saturated heterocycles. The molecule has 1 unspecified atom stereocenters. The van der Waals surface area contributed by atoms with E-state index in [-0.39, 0.29) is 12.3 Å². The van der Waals surface area contributed by atoms with E-state index < -0.39 is 0 Å². The minimum absolute atomic E-state index is 0.123. The van der Waals surface area contributed by atoms with E-state index in [2.05, 4.69) is 18.3 Å². The molecule has 0 aliphatic heterocycles. The molecule has 1 atom stereocenters. The van der Waals surface area contributed by atoms with Gasteiger partial charge in [-0.05, 0) is 52.6 Å². The van der Waals surface area contributed by atoms with E-state index in [4.69, 9.17) is 12.2 Å². The van der Waals surface area contributed by atoms with Crippen LogP contribution in [0.4, 0.5) is 5.00 Å². The van der Waals surface area contributed by atoms with Gasteiger partial charge in [0.1, 0.15) is 11.1 Å². The SMILES string of the molecule is CC1CCc2c(C#N)c(NC(=O)Cc3cccc4ccccc34)sc(=S)c2C1. The zero-order valence-corrected chi connectivity index (χ0v) is 17.3. The van der Waals surface area contributed by atoms with Crippen molar-refractivity contribution in [1.29, 1.82) is 5.26 Å². The Bertz CT molecular complexity index is 1170. The summed E-state index contributed by atoms with van der Waals surface area (Å²) in [5, 5.41) is 15.5.